The second-order valence-electron chi connectivity index (χ2n) is 4.64. The minimum atomic E-state index is 0. The molecule has 0 aliphatic heterocycles. The highest BCUT2D eigenvalue weighted by Crippen LogP contribution is 2.10. The third-order valence-electron chi connectivity index (χ3n) is 3.06. The van der Waals surface area contributed by atoms with Crippen molar-refractivity contribution in [1.82, 2.24) is 10.6 Å². The van der Waals surface area contributed by atoms with Crippen molar-refractivity contribution >= 4 is 52.9 Å². The molecule has 0 aliphatic rings. The number of nitrogens with zero attached hydrogens (tertiary/aromatic N) is 1. The van der Waals surface area contributed by atoms with Crippen molar-refractivity contribution in [2.45, 2.75) is 12.8 Å². The summed E-state index contributed by atoms with van der Waals surface area (Å²) in [6.07, 6.45) is 1.94. The first-order valence-electron chi connectivity index (χ1n) is 6.99. The molecule has 1 heterocycles. The summed E-state index contributed by atoms with van der Waals surface area (Å²) in [6.45, 7) is 1.72. The highest BCUT2D eigenvalue weighted by Gasteiger charge is 1.99. The topological polar surface area (TPSA) is 36.4 Å². The van der Waals surface area contributed by atoms with Gasteiger partial charge in [-0.2, -0.15) is 0 Å². The molecule has 0 spiro atoms. The van der Waals surface area contributed by atoms with Crippen LogP contribution in [0.5, 0.6) is 0 Å². The lowest BCUT2D eigenvalue weighted by molar-refractivity contribution is 0.788. The highest BCUT2D eigenvalue weighted by molar-refractivity contribution is 14.0. The van der Waals surface area contributed by atoms with Crippen LogP contribution in [0, 0.1) is 0 Å². The van der Waals surface area contributed by atoms with Crippen LogP contribution in [0.3, 0.4) is 0 Å². The molecule has 0 saturated heterocycles. The van der Waals surface area contributed by atoms with E-state index in [-0.39, 0.29) is 24.0 Å². The Morgan fingerprint density at radius 1 is 1.14 bits per heavy atom. The van der Waals surface area contributed by atoms with Crippen LogP contribution in [0.25, 0.3) is 0 Å². The van der Waals surface area contributed by atoms with Gasteiger partial charge < -0.3 is 10.6 Å². The third kappa shape index (κ3) is 6.98. The van der Waals surface area contributed by atoms with Gasteiger partial charge in [0.25, 0.3) is 0 Å². The van der Waals surface area contributed by atoms with Gasteiger partial charge in [0, 0.05) is 30.0 Å². The van der Waals surface area contributed by atoms with Crippen LogP contribution in [0.1, 0.15) is 10.4 Å². The molecule has 0 radical (unpaired) electrons. The van der Waals surface area contributed by atoms with E-state index in [0.29, 0.717) is 0 Å². The molecule has 1 aromatic carbocycles. The van der Waals surface area contributed by atoms with Crippen LogP contribution in [0.15, 0.2) is 46.8 Å². The van der Waals surface area contributed by atoms with Crippen molar-refractivity contribution < 1.29 is 0 Å². The molecule has 0 saturated carbocycles. The van der Waals surface area contributed by atoms with Crippen molar-refractivity contribution in [3.05, 3.63) is 57.2 Å². The maximum atomic E-state index is 5.98. The summed E-state index contributed by atoms with van der Waals surface area (Å²) in [5.41, 5.74) is 1.23. The molecule has 1 aromatic heterocycles. The first kappa shape index (κ1) is 19.3. The zero-order chi connectivity index (χ0) is 14.9. The average molecular weight is 450 g/mol. The Labute approximate surface area is 158 Å². The first-order chi connectivity index (χ1) is 10.3. The predicted molar refractivity (Wildman–Crippen MR) is 108 cm³/mol. The van der Waals surface area contributed by atoms with Gasteiger partial charge in [-0.1, -0.05) is 29.8 Å². The van der Waals surface area contributed by atoms with Gasteiger partial charge in [0.2, 0.25) is 0 Å². The molecular formula is C16H21ClIN3S. The second-order valence-corrected chi connectivity index (χ2v) is 6.10. The third-order valence-corrected chi connectivity index (χ3v) is 4.23. The Bertz CT molecular complexity index is 573. The number of rotatable bonds is 6. The maximum absolute atomic E-state index is 5.98. The van der Waals surface area contributed by atoms with E-state index < -0.39 is 0 Å². The summed E-state index contributed by atoms with van der Waals surface area (Å²) in [4.78, 5) is 5.61. The molecular weight excluding hydrogens is 429 g/mol. The fourth-order valence-corrected chi connectivity index (χ4v) is 2.92. The summed E-state index contributed by atoms with van der Waals surface area (Å²) in [7, 11) is 1.79. The summed E-state index contributed by atoms with van der Waals surface area (Å²) in [5.74, 6) is 0.841. The van der Waals surface area contributed by atoms with Crippen molar-refractivity contribution in [3.63, 3.8) is 0 Å². The van der Waals surface area contributed by atoms with E-state index in [1.807, 2.05) is 18.2 Å². The monoisotopic (exact) mass is 449 g/mol. The van der Waals surface area contributed by atoms with E-state index in [1.165, 1.54) is 10.4 Å². The zero-order valence-corrected chi connectivity index (χ0v) is 16.4. The van der Waals surface area contributed by atoms with Crippen LogP contribution in [0.2, 0.25) is 5.02 Å². The van der Waals surface area contributed by atoms with Gasteiger partial charge in [0.15, 0.2) is 5.96 Å². The van der Waals surface area contributed by atoms with E-state index in [2.05, 4.69) is 39.2 Å². The number of hydrogen-bond donors (Lipinski definition) is 2. The summed E-state index contributed by atoms with van der Waals surface area (Å²) < 4.78 is 0. The number of benzene rings is 1. The van der Waals surface area contributed by atoms with Gasteiger partial charge in [-0.15, -0.1) is 35.3 Å². The Kier molecular flexibility index (Phi) is 9.50. The molecule has 120 valence electrons. The van der Waals surface area contributed by atoms with Crippen molar-refractivity contribution in [3.8, 4) is 0 Å². The fraction of sp³-hybridized carbons (Fsp3) is 0.312. The van der Waals surface area contributed by atoms with Crippen molar-refractivity contribution in [2.75, 3.05) is 20.1 Å². The van der Waals surface area contributed by atoms with Crippen LogP contribution < -0.4 is 10.6 Å². The van der Waals surface area contributed by atoms with Crippen LogP contribution in [-0.4, -0.2) is 26.1 Å². The summed E-state index contributed by atoms with van der Waals surface area (Å²) in [5, 5.41) is 9.53. The van der Waals surface area contributed by atoms with Crippen LogP contribution in [-0.2, 0) is 12.8 Å². The lowest BCUT2D eigenvalue weighted by Gasteiger charge is -2.11. The lowest BCUT2D eigenvalue weighted by atomic mass is 10.1. The summed E-state index contributed by atoms with van der Waals surface area (Å²) in [6, 6.07) is 12.2. The Balaban J connectivity index is 0.00000242. The number of thiophene rings is 1. The van der Waals surface area contributed by atoms with Gasteiger partial charge in [-0.25, -0.2) is 0 Å². The van der Waals surface area contributed by atoms with E-state index in [0.717, 1.165) is 36.9 Å². The Hall–Kier alpha value is -0.790. The molecule has 6 heteroatoms. The second kappa shape index (κ2) is 10.9. The number of nitrogens with one attached hydrogen (secondary N) is 2. The number of halogens is 2. The van der Waals surface area contributed by atoms with E-state index >= 15 is 0 Å². The Morgan fingerprint density at radius 2 is 1.91 bits per heavy atom. The number of aliphatic imine (C=N–C) groups is 1. The zero-order valence-electron chi connectivity index (χ0n) is 12.5. The van der Waals surface area contributed by atoms with E-state index in [4.69, 9.17) is 11.6 Å². The molecule has 0 aliphatic carbocycles. The molecule has 3 nitrogen and oxygen atoms in total. The smallest absolute Gasteiger partial charge is 0.190 e. The predicted octanol–water partition coefficient (Wildman–Crippen LogP) is 3.97. The number of guanidine groups is 1. The van der Waals surface area contributed by atoms with Gasteiger partial charge in [0.1, 0.15) is 0 Å². The highest BCUT2D eigenvalue weighted by atomic mass is 127. The molecule has 0 amide bonds. The normalized spacial score (nSPS) is 10.9. The molecule has 2 N–H and O–H groups in total. The minimum Gasteiger partial charge on any atom is -0.356 e. The van der Waals surface area contributed by atoms with Gasteiger partial charge >= 0.3 is 0 Å². The maximum Gasteiger partial charge on any atom is 0.190 e. The van der Waals surface area contributed by atoms with Gasteiger partial charge in [-0.3, -0.25) is 4.99 Å². The largest absolute Gasteiger partial charge is 0.356 e. The standard InChI is InChI=1S/C16H20ClN3S.HI/c1-18-16(20-10-8-15-6-3-11-21-15)19-9-7-13-4-2-5-14(17)12-13;/h2-6,11-12H,7-10H2,1H3,(H2,18,19,20);1H. The molecule has 0 unspecified atom stereocenters. The molecule has 22 heavy (non-hydrogen) atoms. The van der Waals surface area contributed by atoms with Gasteiger partial charge in [0.05, 0.1) is 0 Å². The minimum absolute atomic E-state index is 0. The fourth-order valence-electron chi connectivity index (χ4n) is 2.00. The van der Waals surface area contributed by atoms with Gasteiger partial charge in [-0.05, 0) is 42.0 Å². The molecule has 0 atom stereocenters. The number of hydrogen-bond acceptors (Lipinski definition) is 2. The molecule has 2 rings (SSSR count). The summed E-state index contributed by atoms with van der Waals surface area (Å²) >= 11 is 7.76. The quantitative estimate of drug-likeness (QED) is 0.398. The van der Waals surface area contributed by atoms with Crippen LogP contribution >= 0.6 is 46.9 Å². The van der Waals surface area contributed by atoms with Crippen LogP contribution in [0.4, 0.5) is 0 Å². The SMILES string of the molecule is CN=C(NCCc1cccc(Cl)c1)NCCc1cccs1.I. The first-order valence-corrected chi connectivity index (χ1v) is 8.25. The van der Waals surface area contributed by atoms with Crippen molar-refractivity contribution in [1.29, 1.82) is 0 Å². The molecule has 0 bridgehead atoms. The van der Waals surface area contributed by atoms with Crippen molar-refractivity contribution in [2.24, 2.45) is 4.99 Å². The molecule has 2 aromatic rings. The Morgan fingerprint density at radius 3 is 2.55 bits per heavy atom. The lowest BCUT2D eigenvalue weighted by Crippen LogP contribution is -2.39. The van der Waals surface area contributed by atoms with E-state index in [9.17, 15) is 0 Å². The molecule has 0 fully saturated rings. The average Bonchev–Trinajstić information content (AvgIpc) is 2.99. The van der Waals surface area contributed by atoms with E-state index in [1.54, 1.807) is 18.4 Å².